The fraction of sp³-hybridized carbons (Fsp3) is 0.333. The molecule has 3 aromatic heterocycles. The normalized spacial score (nSPS) is 14.5. The molecule has 7 nitrogen and oxygen atoms in total. The Morgan fingerprint density at radius 3 is 2.78 bits per heavy atom. The molecule has 0 atom stereocenters. The maximum Gasteiger partial charge on any atom is 0.283 e. The Hall–Kier alpha value is -2.32. The summed E-state index contributed by atoms with van der Waals surface area (Å²) in [5, 5.41) is 9.23. The molecule has 1 aliphatic heterocycles. The highest BCUT2D eigenvalue weighted by molar-refractivity contribution is 7.99. The third kappa shape index (κ3) is 3.86. The van der Waals surface area contributed by atoms with Crippen molar-refractivity contribution in [3.05, 3.63) is 40.9 Å². The van der Waals surface area contributed by atoms with E-state index < -0.39 is 0 Å². The first-order valence-corrected chi connectivity index (χ1v) is 9.82. The average Bonchev–Trinajstić information content (AvgIpc) is 3.32. The first-order valence-electron chi connectivity index (χ1n) is 8.62. The Balaban J connectivity index is 1.49. The maximum atomic E-state index is 12.6. The Bertz CT molecular complexity index is 965. The number of likely N-dealkylation sites (tertiary alicyclic amines) is 1. The molecule has 0 aromatic carbocycles. The third-order valence-corrected chi connectivity index (χ3v) is 5.64. The number of aromatic nitrogens is 3. The van der Waals surface area contributed by atoms with Crippen molar-refractivity contribution >= 4 is 29.3 Å². The summed E-state index contributed by atoms with van der Waals surface area (Å²) in [6.45, 7) is 3.39. The van der Waals surface area contributed by atoms with Crippen molar-refractivity contribution in [2.24, 2.45) is 0 Å². The van der Waals surface area contributed by atoms with Crippen LogP contribution in [-0.2, 0) is 0 Å². The molecule has 0 unspecified atom stereocenters. The van der Waals surface area contributed by atoms with Gasteiger partial charge < -0.3 is 13.7 Å². The minimum Gasteiger partial charge on any atom is -0.469 e. The van der Waals surface area contributed by atoms with Crippen LogP contribution in [0.2, 0.25) is 5.02 Å². The van der Waals surface area contributed by atoms with Crippen molar-refractivity contribution in [3.63, 3.8) is 0 Å². The largest absolute Gasteiger partial charge is 0.469 e. The van der Waals surface area contributed by atoms with Crippen molar-refractivity contribution in [3.8, 4) is 11.5 Å². The lowest BCUT2D eigenvalue weighted by Gasteiger charge is -2.26. The van der Waals surface area contributed by atoms with Gasteiger partial charge in [0.2, 0.25) is 0 Å². The van der Waals surface area contributed by atoms with Gasteiger partial charge in [-0.15, -0.1) is 10.2 Å². The standard InChI is InChI=1S/C18H17ClN4O3S/c1-11-13(5-8-25-11)15-21-22-18(26-15)27-16-14(19)9-12(10-20-16)17(24)23-6-3-2-4-7-23/h5,8-10H,2-4,6-7H2,1H3. The van der Waals surface area contributed by atoms with Gasteiger partial charge in [-0.1, -0.05) is 11.6 Å². The van der Waals surface area contributed by atoms with Crippen LogP contribution in [0.3, 0.4) is 0 Å². The highest BCUT2D eigenvalue weighted by Crippen LogP contribution is 2.33. The van der Waals surface area contributed by atoms with E-state index in [0.29, 0.717) is 32.5 Å². The van der Waals surface area contributed by atoms with Crippen molar-refractivity contribution in [2.75, 3.05) is 13.1 Å². The molecule has 0 N–H and O–H groups in total. The van der Waals surface area contributed by atoms with Crippen molar-refractivity contribution in [1.29, 1.82) is 0 Å². The van der Waals surface area contributed by atoms with Gasteiger partial charge in [-0.25, -0.2) is 4.98 Å². The Labute approximate surface area is 165 Å². The summed E-state index contributed by atoms with van der Waals surface area (Å²) >= 11 is 7.49. The van der Waals surface area contributed by atoms with Crippen LogP contribution in [0, 0.1) is 6.92 Å². The molecule has 9 heteroatoms. The van der Waals surface area contributed by atoms with Crippen LogP contribution in [0.15, 0.2) is 43.7 Å². The molecule has 4 rings (SSSR count). The second kappa shape index (κ2) is 7.74. The van der Waals surface area contributed by atoms with E-state index in [4.69, 9.17) is 20.4 Å². The topological polar surface area (TPSA) is 85.3 Å². The fourth-order valence-electron chi connectivity index (χ4n) is 2.95. The van der Waals surface area contributed by atoms with E-state index in [2.05, 4.69) is 15.2 Å². The van der Waals surface area contributed by atoms with Crippen molar-refractivity contribution in [1.82, 2.24) is 20.1 Å². The summed E-state index contributed by atoms with van der Waals surface area (Å²) in [6, 6.07) is 3.41. The molecule has 0 bridgehead atoms. The van der Waals surface area contributed by atoms with E-state index in [1.54, 1.807) is 24.6 Å². The number of piperidine rings is 1. The van der Waals surface area contributed by atoms with Crippen LogP contribution in [0.4, 0.5) is 0 Å². The number of carbonyl (C=O) groups is 1. The Morgan fingerprint density at radius 2 is 2.07 bits per heavy atom. The lowest BCUT2D eigenvalue weighted by atomic mass is 10.1. The molecular weight excluding hydrogens is 388 g/mol. The minimum atomic E-state index is -0.0313. The molecule has 27 heavy (non-hydrogen) atoms. The molecule has 0 spiro atoms. The van der Waals surface area contributed by atoms with Crippen LogP contribution >= 0.6 is 23.4 Å². The molecule has 1 fully saturated rings. The van der Waals surface area contributed by atoms with Gasteiger partial charge in [0.05, 0.1) is 22.4 Å². The van der Waals surface area contributed by atoms with E-state index in [9.17, 15) is 4.79 Å². The zero-order valence-electron chi connectivity index (χ0n) is 14.6. The summed E-state index contributed by atoms with van der Waals surface area (Å²) in [5.41, 5.74) is 1.24. The lowest BCUT2D eigenvalue weighted by Crippen LogP contribution is -2.35. The predicted octanol–water partition coefficient (Wildman–Crippen LogP) is 4.46. The number of hydrogen-bond donors (Lipinski definition) is 0. The van der Waals surface area contributed by atoms with Gasteiger partial charge >= 0.3 is 0 Å². The summed E-state index contributed by atoms with van der Waals surface area (Å²) in [6.07, 6.45) is 6.36. The van der Waals surface area contributed by atoms with Crippen LogP contribution in [0.1, 0.15) is 35.4 Å². The van der Waals surface area contributed by atoms with Gasteiger partial charge in [0, 0.05) is 19.3 Å². The Morgan fingerprint density at radius 1 is 1.26 bits per heavy atom. The SMILES string of the molecule is Cc1occc1-c1nnc(Sc2ncc(C(=O)N3CCCCC3)cc2Cl)o1. The monoisotopic (exact) mass is 404 g/mol. The van der Waals surface area contributed by atoms with E-state index in [1.807, 2.05) is 11.8 Å². The molecule has 0 saturated carbocycles. The Kier molecular flexibility index (Phi) is 5.18. The first-order chi connectivity index (χ1) is 13.1. The molecular formula is C18H17ClN4O3S. The minimum absolute atomic E-state index is 0.0313. The highest BCUT2D eigenvalue weighted by atomic mass is 35.5. The number of carbonyl (C=O) groups excluding carboxylic acids is 1. The number of rotatable bonds is 4. The summed E-state index contributed by atoms with van der Waals surface area (Å²) < 4.78 is 10.9. The van der Waals surface area contributed by atoms with Gasteiger partial charge in [-0.2, -0.15) is 0 Å². The van der Waals surface area contributed by atoms with E-state index >= 15 is 0 Å². The molecule has 4 heterocycles. The molecule has 3 aromatic rings. The van der Waals surface area contributed by atoms with Gasteiger partial charge in [-0.05, 0) is 50.1 Å². The zero-order chi connectivity index (χ0) is 18.8. The van der Waals surface area contributed by atoms with Gasteiger partial charge in [0.15, 0.2) is 0 Å². The first kappa shape index (κ1) is 18.1. The van der Waals surface area contributed by atoms with Crippen LogP contribution in [0.5, 0.6) is 0 Å². The second-order valence-corrected chi connectivity index (χ2v) is 7.58. The maximum absolute atomic E-state index is 12.6. The number of nitrogens with zero attached hydrogens (tertiary/aromatic N) is 4. The van der Waals surface area contributed by atoms with Crippen molar-refractivity contribution < 1.29 is 13.6 Å². The number of furan rings is 1. The van der Waals surface area contributed by atoms with E-state index in [-0.39, 0.29) is 5.91 Å². The number of pyridine rings is 1. The number of halogens is 1. The molecule has 1 saturated heterocycles. The number of amides is 1. The second-order valence-electron chi connectivity index (χ2n) is 6.23. The van der Waals surface area contributed by atoms with Crippen LogP contribution in [0.25, 0.3) is 11.5 Å². The zero-order valence-corrected chi connectivity index (χ0v) is 16.2. The summed E-state index contributed by atoms with van der Waals surface area (Å²) in [7, 11) is 0. The summed E-state index contributed by atoms with van der Waals surface area (Å²) in [5.74, 6) is 1.04. The number of hydrogen-bond acceptors (Lipinski definition) is 7. The highest BCUT2D eigenvalue weighted by Gasteiger charge is 2.21. The average molecular weight is 405 g/mol. The quantitative estimate of drug-likeness (QED) is 0.634. The molecule has 0 aliphatic carbocycles. The molecule has 140 valence electrons. The molecule has 1 amide bonds. The predicted molar refractivity (Wildman–Crippen MR) is 99.9 cm³/mol. The van der Waals surface area contributed by atoms with Crippen molar-refractivity contribution in [2.45, 2.75) is 36.4 Å². The fourth-order valence-corrected chi connectivity index (χ4v) is 3.86. The van der Waals surface area contributed by atoms with E-state index in [0.717, 1.165) is 43.3 Å². The molecule has 1 aliphatic rings. The van der Waals surface area contributed by atoms with Gasteiger partial charge in [-0.3, -0.25) is 4.79 Å². The third-order valence-electron chi connectivity index (χ3n) is 4.38. The smallest absolute Gasteiger partial charge is 0.283 e. The van der Waals surface area contributed by atoms with Crippen LogP contribution in [-0.4, -0.2) is 39.1 Å². The van der Waals surface area contributed by atoms with E-state index in [1.165, 1.54) is 6.42 Å². The molecule has 0 radical (unpaired) electrons. The number of aryl methyl sites for hydroxylation is 1. The summed E-state index contributed by atoms with van der Waals surface area (Å²) in [4.78, 5) is 18.7. The lowest BCUT2D eigenvalue weighted by molar-refractivity contribution is 0.0724. The van der Waals surface area contributed by atoms with Gasteiger partial charge in [0.25, 0.3) is 17.0 Å². The van der Waals surface area contributed by atoms with Gasteiger partial charge in [0.1, 0.15) is 10.8 Å². The van der Waals surface area contributed by atoms with Crippen LogP contribution < -0.4 is 0 Å².